The number of hydrogen-bond donors (Lipinski definition) is 1. The number of hydrogen-bond acceptors (Lipinski definition) is 7. The molecule has 1 aliphatic rings. The Bertz CT molecular complexity index is 854. The molecule has 1 atom stereocenters. The van der Waals surface area contributed by atoms with Crippen LogP contribution in [0.3, 0.4) is 0 Å². The van der Waals surface area contributed by atoms with Crippen molar-refractivity contribution < 1.29 is 19.1 Å². The van der Waals surface area contributed by atoms with Gasteiger partial charge in [-0.3, -0.25) is 9.59 Å². The van der Waals surface area contributed by atoms with Gasteiger partial charge in [-0.05, 0) is 26.0 Å². The number of esters is 1. The Kier molecular flexibility index (Phi) is 6.12. The van der Waals surface area contributed by atoms with Crippen molar-refractivity contribution in [2.24, 2.45) is 0 Å². The molecule has 2 aromatic rings. The SMILES string of the molecule is CCOC(=O)c1sc(NC(=O)[C@@H]2CSCN2C(=O)c2ccccc2)nc1C. The zero-order valence-corrected chi connectivity index (χ0v) is 16.6. The Hall–Kier alpha value is -2.39. The predicted molar refractivity (Wildman–Crippen MR) is 105 cm³/mol. The van der Waals surface area contributed by atoms with E-state index in [0.29, 0.717) is 32.9 Å². The Labute approximate surface area is 165 Å². The molecule has 0 radical (unpaired) electrons. The number of rotatable bonds is 5. The van der Waals surface area contributed by atoms with Crippen LogP contribution >= 0.6 is 23.1 Å². The second-order valence-electron chi connectivity index (χ2n) is 5.80. The van der Waals surface area contributed by atoms with Gasteiger partial charge in [0.25, 0.3) is 5.91 Å². The van der Waals surface area contributed by atoms with Crippen molar-refractivity contribution in [3.8, 4) is 0 Å². The topological polar surface area (TPSA) is 88.6 Å². The minimum absolute atomic E-state index is 0.178. The average Bonchev–Trinajstić information content (AvgIpc) is 3.29. The normalized spacial score (nSPS) is 16.2. The lowest BCUT2D eigenvalue weighted by molar-refractivity contribution is -0.119. The van der Waals surface area contributed by atoms with E-state index in [-0.39, 0.29) is 18.4 Å². The third-order valence-corrected chi connectivity index (χ3v) is 6.02. The minimum atomic E-state index is -0.585. The first-order valence-corrected chi connectivity index (χ1v) is 10.4. The number of ether oxygens (including phenoxy) is 1. The Morgan fingerprint density at radius 2 is 2.04 bits per heavy atom. The van der Waals surface area contributed by atoms with Gasteiger partial charge < -0.3 is 15.0 Å². The van der Waals surface area contributed by atoms with Crippen LogP contribution < -0.4 is 5.32 Å². The van der Waals surface area contributed by atoms with Gasteiger partial charge in [-0.1, -0.05) is 29.5 Å². The first-order chi connectivity index (χ1) is 13.0. The number of aromatic nitrogens is 1. The maximum atomic E-state index is 12.7. The van der Waals surface area contributed by atoms with Crippen LogP contribution in [0.5, 0.6) is 0 Å². The van der Waals surface area contributed by atoms with E-state index in [1.807, 2.05) is 6.07 Å². The summed E-state index contributed by atoms with van der Waals surface area (Å²) in [7, 11) is 0. The molecule has 1 N–H and O–H groups in total. The number of thiazole rings is 1. The van der Waals surface area contributed by atoms with Crippen LogP contribution in [0.2, 0.25) is 0 Å². The van der Waals surface area contributed by atoms with Gasteiger partial charge in [0.15, 0.2) is 5.13 Å². The lowest BCUT2D eigenvalue weighted by Gasteiger charge is -2.22. The smallest absolute Gasteiger partial charge is 0.350 e. The van der Waals surface area contributed by atoms with Crippen LogP contribution in [-0.4, -0.2) is 51.9 Å². The number of benzene rings is 1. The molecular formula is C18H19N3O4S2. The van der Waals surface area contributed by atoms with Gasteiger partial charge in [-0.15, -0.1) is 11.8 Å². The second-order valence-corrected chi connectivity index (χ2v) is 7.80. The summed E-state index contributed by atoms with van der Waals surface area (Å²) in [6.45, 7) is 3.69. The molecule has 1 saturated heterocycles. The quantitative estimate of drug-likeness (QED) is 0.770. The summed E-state index contributed by atoms with van der Waals surface area (Å²) in [6, 6.07) is 8.30. The zero-order valence-electron chi connectivity index (χ0n) is 14.9. The monoisotopic (exact) mass is 405 g/mol. The molecule has 2 amide bonds. The van der Waals surface area contributed by atoms with Gasteiger partial charge in [-0.2, -0.15) is 0 Å². The third kappa shape index (κ3) is 4.30. The molecule has 0 spiro atoms. The number of thioether (sulfide) groups is 1. The maximum Gasteiger partial charge on any atom is 0.350 e. The van der Waals surface area contributed by atoms with Crippen LogP contribution in [0.15, 0.2) is 30.3 Å². The third-order valence-electron chi connectivity index (χ3n) is 3.95. The summed E-state index contributed by atoms with van der Waals surface area (Å²) in [4.78, 5) is 43.5. The maximum absolute atomic E-state index is 12.7. The van der Waals surface area contributed by atoms with Crippen molar-refractivity contribution in [2.45, 2.75) is 19.9 Å². The van der Waals surface area contributed by atoms with Crippen molar-refractivity contribution >= 4 is 46.0 Å². The molecule has 0 bridgehead atoms. The lowest BCUT2D eigenvalue weighted by atomic mass is 10.1. The van der Waals surface area contributed by atoms with E-state index in [2.05, 4.69) is 10.3 Å². The molecule has 0 aliphatic carbocycles. The fraction of sp³-hybridized carbons (Fsp3) is 0.333. The molecule has 0 saturated carbocycles. The molecule has 1 fully saturated rings. The van der Waals surface area contributed by atoms with E-state index in [9.17, 15) is 14.4 Å². The van der Waals surface area contributed by atoms with Crippen LogP contribution in [0.25, 0.3) is 0 Å². The van der Waals surface area contributed by atoms with E-state index in [0.717, 1.165) is 11.3 Å². The summed E-state index contributed by atoms with van der Waals surface area (Å²) in [5.74, 6) is 0.0260. The van der Waals surface area contributed by atoms with Crippen LogP contribution in [-0.2, 0) is 9.53 Å². The number of amides is 2. The average molecular weight is 406 g/mol. The molecule has 142 valence electrons. The highest BCUT2D eigenvalue weighted by atomic mass is 32.2. The zero-order chi connectivity index (χ0) is 19.4. The summed E-state index contributed by atoms with van der Waals surface area (Å²) in [5, 5.41) is 3.06. The van der Waals surface area contributed by atoms with E-state index in [1.165, 1.54) is 11.8 Å². The molecule has 1 aromatic carbocycles. The first kappa shape index (κ1) is 19.4. The van der Waals surface area contributed by atoms with E-state index < -0.39 is 12.0 Å². The van der Waals surface area contributed by atoms with Gasteiger partial charge in [0.2, 0.25) is 5.91 Å². The standard InChI is InChI=1S/C18H19N3O4S2/c1-3-25-17(24)14-11(2)19-18(27-14)20-15(22)13-9-26-10-21(13)16(23)12-7-5-4-6-8-12/h4-8,13H,3,9-10H2,1-2H3,(H,19,20,22)/t13-/m0/s1. The van der Waals surface area contributed by atoms with Gasteiger partial charge in [0, 0.05) is 11.3 Å². The fourth-order valence-corrected chi connectivity index (χ4v) is 4.65. The summed E-state index contributed by atoms with van der Waals surface area (Å²) in [5.41, 5.74) is 1.05. The highest BCUT2D eigenvalue weighted by molar-refractivity contribution is 7.99. The van der Waals surface area contributed by atoms with Crippen molar-refractivity contribution in [3.63, 3.8) is 0 Å². The van der Waals surface area contributed by atoms with E-state index >= 15 is 0 Å². The Morgan fingerprint density at radius 1 is 1.30 bits per heavy atom. The van der Waals surface area contributed by atoms with Gasteiger partial charge >= 0.3 is 5.97 Å². The van der Waals surface area contributed by atoms with Gasteiger partial charge in [0.05, 0.1) is 18.2 Å². The van der Waals surface area contributed by atoms with Crippen molar-refractivity contribution in [2.75, 3.05) is 23.6 Å². The number of carbonyl (C=O) groups is 3. The molecule has 0 unspecified atom stereocenters. The molecule has 7 nitrogen and oxygen atoms in total. The van der Waals surface area contributed by atoms with Crippen LogP contribution in [0.1, 0.15) is 32.6 Å². The lowest BCUT2D eigenvalue weighted by Crippen LogP contribution is -2.44. The molecule has 2 heterocycles. The van der Waals surface area contributed by atoms with Gasteiger partial charge in [-0.25, -0.2) is 9.78 Å². The molecule has 3 rings (SSSR count). The Morgan fingerprint density at radius 3 is 2.74 bits per heavy atom. The first-order valence-electron chi connectivity index (χ1n) is 8.40. The van der Waals surface area contributed by atoms with Crippen LogP contribution in [0.4, 0.5) is 5.13 Å². The Balaban J connectivity index is 1.71. The van der Waals surface area contributed by atoms with Crippen molar-refractivity contribution in [1.29, 1.82) is 0 Å². The summed E-state index contributed by atoms with van der Waals surface area (Å²) in [6.07, 6.45) is 0. The summed E-state index contributed by atoms with van der Waals surface area (Å²) < 4.78 is 4.99. The number of anilines is 1. The minimum Gasteiger partial charge on any atom is -0.462 e. The molecule has 9 heteroatoms. The van der Waals surface area contributed by atoms with Crippen LogP contribution in [0, 0.1) is 6.92 Å². The van der Waals surface area contributed by atoms with Crippen molar-refractivity contribution in [3.05, 3.63) is 46.5 Å². The number of carbonyl (C=O) groups excluding carboxylic acids is 3. The molecule has 27 heavy (non-hydrogen) atoms. The predicted octanol–water partition coefficient (Wildman–Crippen LogP) is 2.78. The number of nitrogens with one attached hydrogen (secondary N) is 1. The largest absolute Gasteiger partial charge is 0.462 e. The highest BCUT2D eigenvalue weighted by Crippen LogP contribution is 2.27. The molecule has 1 aliphatic heterocycles. The fourth-order valence-electron chi connectivity index (χ4n) is 2.63. The highest BCUT2D eigenvalue weighted by Gasteiger charge is 2.35. The second kappa shape index (κ2) is 8.53. The number of nitrogens with zero attached hydrogens (tertiary/aromatic N) is 2. The summed E-state index contributed by atoms with van der Waals surface area (Å²) >= 11 is 2.60. The molecule has 1 aromatic heterocycles. The van der Waals surface area contributed by atoms with E-state index in [1.54, 1.807) is 43.0 Å². The van der Waals surface area contributed by atoms with Crippen molar-refractivity contribution in [1.82, 2.24) is 9.88 Å². The van der Waals surface area contributed by atoms with Gasteiger partial charge in [0.1, 0.15) is 10.9 Å². The number of aryl methyl sites for hydroxylation is 1. The molecular weight excluding hydrogens is 386 g/mol. The van der Waals surface area contributed by atoms with E-state index in [4.69, 9.17) is 4.74 Å².